The maximum atomic E-state index is 9.10. The second kappa shape index (κ2) is 6.40. The summed E-state index contributed by atoms with van der Waals surface area (Å²) in [4.78, 5) is 8.81. The van der Waals surface area contributed by atoms with Crippen LogP contribution in [0, 0.1) is 0 Å². The van der Waals surface area contributed by atoms with Gasteiger partial charge in [-0.15, -0.1) is 0 Å². The molecule has 0 unspecified atom stereocenters. The fourth-order valence-corrected chi connectivity index (χ4v) is 1.28. The Kier molecular flexibility index (Phi) is 4.80. The average molecular weight is 214 g/mol. The molecule has 0 atom stereocenters. The number of phenolic OH excluding ortho intramolecular Hbond substituents is 1. The predicted molar refractivity (Wildman–Crippen MR) is 65.3 cm³/mol. The molecule has 0 saturated heterocycles. The number of rotatable bonds is 1. The van der Waals surface area contributed by atoms with E-state index in [1.807, 2.05) is 42.5 Å². The lowest BCUT2D eigenvalue weighted by Gasteiger charge is -2.00. The van der Waals surface area contributed by atoms with Crippen molar-refractivity contribution < 1.29 is 9.90 Å². The second-order valence-electron chi connectivity index (χ2n) is 3.15. The topological polar surface area (TPSA) is 37.3 Å². The van der Waals surface area contributed by atoms with Crippen molar-refractivity contribution in [1.29, 1.82) is 0 Å². The number of aromatic hydroxyl groups is 1. The average Bonchev–Trinajstić information content (AvgIpc) is 2.32. The summed E-state index contributed by atoms with van der Waals surface area (Å²) in [5.41, 5.74) is 2.29. The Balaban J connectivity index is 0.000000386. The first-order valence-corrected chi connectivity index (χ1v) is 5.02. The van der Waals surface area contributed by atoms with Crippen molar-refractivity contribution in [3.05, 3.63) is 54.6 Å². The number of phenols is 1. The van der Waals surface area contributed by atoms with Crippen LogP contribution in [0.3, 0.4) is 0 Å². The Labute approximate surface area is 95.2 Å². The molecular formula is C14H14O2. The Hall–Kier alpha value is -2.09. The highest BCUT2D eigenvalue weighted by Crippen LogP contribution is 2.20. The van der Waals surface area contributed by atoms with E-state index in [2.05, 4.69) is 0 Å². The molecule has 2 aromatic carbocycles. The first kappa shape index (κ1) is 12.0. The Morgan fingerprint density at radius 1 is 0.875 bits per heavy atom. The molecule has 0 spiro atoms. The van der Waals surface area contributed by atoms with Gasteiger partial charge in [0.15, 0.2) is 0 Å². The summed E-state index contributed by atoms with van der Waals surface area (Å²) in [5, 5.41) is 9.10. The molecule has 2 heteroatoms. The third-order valence-corrected chi connectivity index (χ3v) is 1.97. The number of hydrogen-bond acceptors (Lipinski definition) is 2. The Bertz CT molecular complexity index is 418. The van der Waals surface area contributed by atoms with Gasteiger partial charge in [0.25, 0.3) is 0 Å². The number of hydrogen-bond donors (Lipinski definition) is 1. The molecule has 0 bridgehead atoms. The summed E-state index contributed by atoms with van der Waals surface area (Å²) >= 11 is 0. The summed E-state index contributed by atoms with van der Waals surface area (Å²) in [6.07, 6.45) is 0.750. The molecule has 2 rings (SSSR count). The van der Waals surface area contributed by atoms with Crippen molar-refractivity contribution in [1.82, 2.24) is 0 Å². The summed E-state index contributed by atoms with van der Waals surface area (Å²) in [5.74, 6) is 0.305. The van der Waals surface area contributed by atoms with Gasteiger partial charge >= 0.3 is 0 Å². The molecular weight excluding hydrogens is 200 g/mol. The molecule has 0 aliphatic heterocycles. The molecule has 0 aliphatic carbocycles. The van der Waals surface area contributed by atoms with Crippen LogP contribution in [-0.4, -0.2) is 11.4 Å². The van der Waals surface area contributed by atoms with E-state index in [9.17, 15) is 0 Å². The van der Waals surface area contributed by atoms with E-state index in [0.717, 1.165) is 11.8 Å². The Morgan fingerprint density at radius 2 is 1.31 bits per heavy atom. The molecule has 82 valence electrons. The molecule has 1 N–H and O–H groups in total. The van der Waals surface area contributed by atoms with E-state index in [0.29, 0.717) is 5.75 Å². The molecule has 0 heterocycles. The van der Waals surface area contributed by atoms with Crippen molar-refractivity contribution in [2.24, 2.45) is 0 Å². The normalized spacial score (nSPS) is 8.81. The quantitative estimate of drug-likeness (QED) is 0.740. The van der Waals surface area contributed by atoms with Crippen LogP contribution in [-0.2, 0) is 4.79 Å². The highest BCUT2D eigenvalue weighted by molar-refractivity contribution is 5.63. The zero-order valence-electron chi connectivity index (χ0n) is 9.13. The number of carbonyl (C=O) groups excluding carboxylic acids is 1. The van der Waals surface area contributed by atoms with Crippen molar-refractivity contribution in [3.63, 3.8) is 0 Å². The minimum Gasteiger partial charge on any atom is -0.508 e. The van der Waals surface area contributed by atoms with Crippen LogP contribution >= 0.6 is 0 Å². The molecule has 0 amide bonds. The highest BCUT2D eigenvalue weighted by atomic mass is 16.3. The minimum atomic E-state index is 0.305. The molecule has 2 aromatic rings. The molecule has 0 aliphatic rings. The summed E-state index contributed by atoms with van der Waals surface area (Å²) in [7, 11) is 0. The molecule has 0 radical (unpaired) electrons. The van der Waals surface area contributed by atoms with Crippen molar-refractivity contribution in [2.45, 2.75) is 6.92 Å². The van der Waals surface area contributed by atoms with Crippen LogP contribution in [0.15, 0.2) is 54.6 Å². The minimum absolute atomic E-state index is 0.305. The lowest BCUT2D eigenvalue weighted by atomic mass is 10.1. The SMILES string of the molecule is CC=O.Oc1ccc(-c2ccccc2)cc1. The molecule has 16 heavy (non-hydrogen) atoms. The van der Waals surface area contributed by atoms with Gasteiger partial charge in [-0.2, -0.15) is 0 Å². The zero-order valence-corrected chi connectivity index (χ0v) is 9.13. The van der Waals surface area contributed by atoms with Gasteiger partial charge in [-0.3, -0.25) is 0 Å². The molecule has 0 saturated carbocycles. The van der Waals surface area contributed by atoms with Gasteiger partial charge < -0.3 is 9.90 Å². The van der Waals surface area contributed by atoms with E-state index in [-0.39, 0.29) is 0 Å². The van der Waals surface area contributed by atoms with E-state index in [4.69, 9.17) is 9.90 Å². The van der Waals surface area contributed by atoms with Crippen LogP contribution in [0.25, 0.3) is 11.1 Å². The van der Waals surface area contributed by atoms with Gasteiger partial charge in [0.1, 0.15) is 12.0 Å². The third-order valence-electron chi connectivity index (χ3n) is 1.97. The first-order valence-electron chi connectivity index (χ1n) is 5.02. The molecule has 0 fully saturated rings. The fraction of sp³-hybridized carbons (Fsp3) is 0.0714. The van der Waals surface area contributed by atoms with Crippen LogP contribution < -0.4 is 0 Å². The summed E-state index contributed by atoms with van der Waals surface area (Å²) in [6, 6.07) is 17.3. The highest BCUT2D eigenvalue weighted by Gasteiger charge is 1.94. The fourth-order valence-electron chi connectivity index (χ4n) is 1.28. The first-order chi connectivity index (χ1) is 7.77. The van der Waals surface area contributed by atoms with Gasteiger partial charge in [0.2, 0.25) is 0 Å². The van der Waals surface area contributed by atoms with Crippen molar-refractivity contribution >= 4 is 6.29 Å². The predicted octanol–water partition coefficient (Wildman–Crippen LogP) is 3.26. The van der Waals surface area contributed by atoms with Crippen molar-refractivity contribution in [3.8, 4) is 16.9 Å². The van der Waals surface area contributed by atoms with E-state index in [1.165, 1.54) is 12.5 Å². The lowest BCUT2D eigenvalue weighted by molar-refractivity contribution is -0.106. The zero-order chi connectivity index (χ0) is 11.8. The Morgan fingerprint density at radius 3 is 1.81 bits per heavy atom. The third kappa shape index (κ3) is 3.58. The van der Waals surface area contributed by atoms with E-state index < -0.39 is 0 Å². The van der Waals surface area contributed by atoms with Crippen LogP contribution in [0.4, 0.5) is 0 Å². The second-order valence-corrected chi connectivity index (χ2v) is 3.15. The molecule has 0 aromatic heterocycles. The monoisotopic (exact) mass is 214 g/mol. The van der Waals surface area contributed by atoms with Crippen LogP contribution in [0.1, 0.15) is 6.92 Å². The van der Waals surface area contributed by atoms with Crippen LogP contribution in [0.2, 0.25) is 0 Å². The summed E-state index contributed by atoms with van der Waals surface area (Å²) in [6.45, 7) is 1.44. The smallest absolute Gasteiger partial charge is 0.116 e. The largest absolute Gasteiger partial charge is 0.508 e. The maximum Gasteiger partial charge on any atom is 0.116 e. The standard InChI is InChI=1S/C12H10O.C2H4O/c13-12-8-6-11(7-9-12)10-4-2-1-3-5-10;1-2-3/h1-9,13H;2H,1H3. The van der Waals surface area contributed by atoms with E-state index in [1.54, 1.807) is 12.1 Å². The lowest BCUT2D eigenvalue weighted by Crippen LogP contribution is -1.74. The van der Waals surface area contributed by atoms with Crippen LogP contribution in [0.5, 0.6) is 5.75 Å². The van der Waals surface area contributed by atoms with Gasteiger partial charge in [-0.05, 0) is 30.2 Å². The molecule has 2 nitrogen and oxygen atoms in total. The van der Waals surface area contributed by atoms with Gasteiger partial charge in [0, 0.05) is 0 Å². The number of benzene rings is 2. The maximum absolute atomic E-state index is 9.10. The van der Waals surface area contributed by atoms with Gasteiger partial charge in [0.05, 0.1) is 0 Å². The summed E-state index contributed by atoms with van der Waals surface area (Å²) < 4.78 is 0. The van der Waals surface area contributed by atoms with Crippen molar-refractivity contribution in [2.75, 3.05) is 0 Å². The van der Waals surface area contributed by atoms with E-state index >= 15 is 0 Å². The van der Waals surface area contributed by atoms with Gasteiger partial charge in [-0.25, -0.2) is 0 Å². The number of aldehydes is 1. The van der Waals surface area contributed by atoms with Gasteiger partial charge in [-0.1, -0.05) is 42.5 Å². The number of carbonyl (C=O) groups is 1.